The number of hydrogen-bond acceptors (Lipinski definition) is 2. The van der Waals surface area contributed by atoms with E-state index in [0.29, 0.717) is 12.8 Å². The van der Waals surface area contributed by atoms with Crippen LogP contribution >= 0.6 is 0 Å². The Balaban J connectivity index is 4.12. The highest BCUT2D eigenvalue weighted by atomic mass is 16.4. The molecule has 0 aliphatic carbocycles. The molecule has 0 aromatic rings. The van der Waals surface area contributed by atoms with E-state index in [2.05, 4.69) is 16.6 Å². The van der Waals surface area contributed by atoms with Crippen LogP contribution in [0, 0.1) is 12.3 Å². The predicted molar refractivity (Wildman–Crippen MR) is 65.5 cm³/mol. The van der Waals surface area contributed by atoms with Gasteiger partial charge in [0.2, 0.25) is 0 Å². The number of urea groups is 1. The van der Waals surface area contributed by atoms with Gasteiger partial charge in [-0.3, -0.25) is 0 Å². The summed E-state index contributed by atoms with van der Waals surface area (Å²) in [4.78, 5) is 22.3. The van der Waals surface area contributed by atoms with Gasteiger partial charge in [0.25, 0.3) is 0 Å². The van der Waals surface area contributed by atoms with Gasteiger partial charge in [-0.05, 0) is 13.3 Å². The summed E-state index contributed by atoms with van der Waals surface area (Å²) in [7, 11) is 0. The third kappa shape index (κ3) is 7.23. The summed E-state index contributed by atoms with van der Waals surface area (Å²) in [6, 6.07) is -1.50. The number of aliphatic carboxylic acids is 1. The fourth-order valence-corrected chi connectivity index (χ4v) is 1.32. The standard InChI is InChI=1S/C12H20N2O3/c1-4-6-8-10(11(15)16)14-12(17)13-9(3)7-5-2/h2,9-10H,4,6-8H2,1,3H3,(H,15,16)(H2,13,14,17)/t9?,10-/m0/s1. The number of carboxylic acid groups (broad SMARTS) is 1. The van der Waals surface area contributed by atoms with E-state index in [1.165, 1.54) is 0 Å². The van der Waals surface area contributed by atoms with E-state index < -0.39 is 18.0 Å². The third-order valence-electron chi connectivity index (χ3n) is 2.25. The van der Waals surface area contributed by atoms with Crippen molar-refractivity contribution in [1.29, 1.82) is 0 Å². The minimum absolute atomic E-state index is 0.166. The molecular weight excluding hydrogens is 220 g/mol. The van der Waals surface area contributed by atoms with E-state index >= 15 is 0 Å². The van der Waals surface area contributed by atoms with Gasteiger partial charge in [-0.15, -0.1) is 12.3 Å². The van der Waals surface area contributed by atoms with Crippen molar-refractivity contribution in [3.8, 4) is 12.3 Å². The largest absolute Gasteiger partial charge is 0.480 e. The van der Waals surface area contributed by atoms with Gasteiger partial charge in [-0.2, -0.15) is 0 Å². The fourth-order valence-electron chi connectivity index (χ4n) is 1.32. The molecule has 0 aromatic carbocycles. The lowest BCUT2D eigenvalue weighted by molar-refractivity contribution is -0.139. The maximum absolute atomic E-state index is 11.5. The minimum atomic E-state index is -1.02. The number of carbonyl (C=O) groups is 2. The molecular formula is C12H20N2O3. The smallest absolute Gasteiger partial charge is 0.326 e. The number of amides is 2. The normalized spacial score (nSPS) is 13.2. The van der Waals surface area contributed by atoms with Crippen LogP contribution in [0.3, 0.4) is 0 Å². The van der Waals surface area contributed by atoms with Crippen molar-refractivity contribution in [2.24, 2.45) is 0 Å². The Morgan fingerprint density at radius 1 is 1.41 bits per heavy atom. The van der Waals surface area contributed by atoms with Crippen molar-refractivity contribution in [3.05, 3.63) is 0 Å². The summed E-state index contributed by atoms with van der Waals surface area (Å²) >= 11 is 0. The van der Waals surface area contributed by atoms with Crippen LogP contribution in [-0.2, 0) is 4.79 Å². The summed E-state index contributed by atoms with van der Waals surface area (Å²) in [5, 5.41) is 13.9. The van der Waals surface area contributed by atoms with Gasteiger partial charge in [0.1, 0.15) is 6.04 Å². The highest BCUT2D eigenvalue weighted by Crippen LogP contribution is 2.01. The molecule has 0 aliphatic rings. The molecule has 17 heavy (non-hydrogen) atoms. The Kier molecular flexibility index (Phi) is 7.61. The molecule has 3 N–H and O–H groups in total. The Bertz CT molecular complexity index is 297. The first-order valence-electron chi connectivity index (χ1n) is 5.74. The molecule has 0 heterocycles. The summed E-state index contributed by atoms with van der Waals surface area (Å²) in [5.41, 5.74) is 0. The lowest BCUT2D eigenvalue weighted by Gasteiger charge is -2.17. The summed E-state index contributed by atoms with van der Waals surface area (Å²) in [5.74, 6) is 1.41. The molecule has 0 aromatic heterocycles. The first-order valence-corrected chi connectivity index (χ1v) is 5.74. The monoisotopic (exact) mass is 240 g/mol. The second-order valence-corrected chi connectivity index (χ2v) is 3.96. The van der Waals surface area contributed by atoms with E-state index in [0.717, 1.165) is 12.8 Å². The Hall–Kier alpha value is -1.70. The molecule has 5 nitrogen and oxygen atoms in total. The quantitative estimate of drug-likeness (QED) is 0.588. The van der Waals surface area contributed by atoms with Crippen LogP contribution in [0.25, 0.3) is 0 Å². The maximum atomic E-state index is 11.5. The summed E-state index contributed by atoms with van der Waals surface area (Å²) in [6.07, 6.45) is 7.61. The zero-order valence-electron chi connectivity index (χ0n) is 10.3. The number of unbranched alkanes of at least 4 members (excludes halogenated alkanes) is 1. The first-order chi connectivity index (χ1) is 8.01. The number of carbonyl (C=O) groups excluding carboxylic acids is 1. The van der Waals surface area contributed by atoms with Crippen LogP contribution in [0.4, 0.5) is 4.79 Å². The molecule has 0 rings (SSSR count). The third-order valence-corrected chi connectivity index (χ3v) is 2.25. The van der Waals surface area contributed by atoms with Crippen molar-refractivity contribution in [2.45, 2.75) is 51.6 Å². The van der Waals surface area contributed by atoms with E-state index in [1.54, 1.807) is 6.92 Å². The van der Waals surface area contributed by atoms with Crippen LogP contribution in [0.15, 0.2) is 0 Å². The molecule has 2 amide bonds. The van der Waals surface area contributed by atoms with Crippen molar-refractivity contribution < 1.29 is 14.7 Å². The second kappa shape index (κ2) is 8.45. The Labute approximate surface area is 102 Å². The van der Waals surface area contributed by atoms with Gasteiger partial charge in [-0.1, -0.05) is 19.8 Å². The van der Waals surface area contributed by atoms with Gasteiger partial charge in [0.15, 0.2) is 0 Å². The number of nitrogens with one attached hydrogen (secondary N) is 2. The lowest BCUT2D eigenvalue weighted by atomic mass is 10.1. The second-order valence-electron chi connectivity index (χ2n) is 3.96. The average molecular weight is 240 g/mol. The van der Waals surface area contributed by atoms with Gasteiger partial charge in [-0.25, -0.2) is 9.59 Å². The van der Waals surface area contributed by atoms with Gasteiger partial charge in [0, 0.05) is 12.5 Å². The Morgan fingerprint density at radius 3 is 2.53 bits per heavy atom. The molecule has 5 heteroatoms. The molecule has 0 saturated heterocycles. The molecule has 0 bridgehead atoms. The van der Waals surface area contributed by atoms with Crippen LogP contribution in [0.2, 0.25) is 0 Å². The average Bonchev–Trinajstić information content (AvgIpc) is 2.23. The molecule has 0 spiro atoms. The molecule has 0 aliphatic heterocycles. The molecule has 0 radical (unpaired) electrons. The van der Waals surface area contributed by atoms with Gasteiger partial charge < -0.3 is 15.7 Å². The molecule has 0 fully saturated rings. The van der Waals surface area contributed by atoms with Crippen LogP contribution in [-0.4, -0.2) is 29.2 Å². The summed E-state index contributed by atoms with van der Waals surface area (Å²) in [6.45, 7) is 3.73. The maximum Gasteiger partial charge on any atom is 0.326 e. The number of carboxylic acids is 1. The van der Waals surface area contributed by atoms with Crippen molar-refractivity contribution in [1.82, 2.24) is 10.6 Å². The van der Waals surface area contributed by atoms with Gasteiger partial charge >= 0.3 is 12.0 Å². The van der Waals surface area contributed by atoms with E-state index in [1.807, 2.05) is 6.92 Å². The number of terminal acetylenes is 1. The van der Waals surface area contributed by atoms with Crippen molar-refractivity contribution in [3.63, 3.8) is 0 Å². The fraction of sp³-hybridized carbons (Fsp3) is 0.667. The van der Waals surface area contributed by atoms with Gasteiger partial charge in [0.05, 0.1) is 0 Å². The number of hydrogen-bond donors (Lipinski definition) is 3. The zero-order chi connectivity index (χ0) is 13.3. The van der Waals surface area contributed by atoms with Crippen LogP contribution in [0.5, 0.6) is 0 Å². The molecule has 2 atom stereocenters. The summed E-state index contributed by atoms with van der Waals surface area (Å²) < 4.78 is 0. The highest BCUT2D eigenvalue weighted by molar-refractivity contribution is 5.82. The molecule has 96 valence electrons. The molecule has 1 unspecified atom stereocenters. The number of rotatable bonds is 7. The van der Waals surface area contributed by atoms with Crippen molar-refractivity contribution >= 4 is 12.0 Å². The van der Waals surface area contributed by atoms with E-state index in [9.17, 15) is 9.59 Å². The van der Waals surface area contributed by atoms with Crippen LogP contribution < -0.4 is 10.6 Å². The highest BCUT2D eigenvalue weighted by Gasteiger charge is 2.19. The minimum Gasteiger partial charge on any atom is -0.480 e. The predicted octanol–water partition coefficient (Wildman–Crippen LogP) is 1.34. The topological polar surface area (TPSA) is 78.4 Å². The van der Waals surface area contributed by atoms with E-state index in [-0.39, 0.29) is 6.04 Å². The van der Waals surface area contributed by atoms with Crippen molar-refractivity contribution in [2.75, 3.05) is 0 Å². The lowest BCUT2D eigenvalue weighted by Crippen LogP contribution is -2.48. The van der Waals surface area contributed by atoms with Crippen LogP contribution in [0.1, 0.15) is 39.5 Å². The molecule has 0 saturated carbocycles. The Morgan fingerprint density at radius 2 is 2.06 bits per heavy atom. The SMILES string of the molecule is C#CCC(C)NC(=O)N[C@@H](CCCC)C(=O)O. The zero-order valence-corrected chi connectivity index (χ0v) is 10.3. The first kappa shape index (κ1) is 15.3. The van der Waals surface area contributed by atoms with E-state index in [4.69, 9.17) is 11.5 Å².